The summed E-state index contributed by atoms with van der Waals surface area (Å²) in [5.74, 6) is 2.42. The van der Waals surface area contributed by atoms with Crippen LogP contribution in [0, 0.1) is 0 Å². The summed E-state index contributed by atoms with van der Waals surface area (Å²) in [6.07, 6.45) is 10.4. The van der Waals surface area contributed by atoms with Crippen molar-refractivity contribution in [2.24, 2.45) is 10.1 Å². The van der Waals surface area contributed by atoms with Gasteiger partial charge in [-0.2, -0.15) is 5.10 Å². The molecule has 2 N–H and O–H groups in total. The number of nitrogens with zero attached hydrogens (tertiary/aromatic N) is 2. The van der Waals surface area contributed by atoms with Gasteiger partial charge in [-0.05, 0) is 59.0 Å². The number of rotatable bonds is 7. The SMILES string of the molecule is COc1ccc(/C=C/C(/C=C/c2ccc(OC)c3ccccc23)=NNC2=NCCCCN2)c2ccccc12.Cl. The van der Waals surface area contributed by atoms with Gasteiger partial charge in [0.15, 0.2) is 0 Å². The first kappa shape index (κ1) is 27.7. The molecule has 1 aliphatic rings. The second-order valence-electron chi connectivity index (χ2n) is 8.98. The summed E-state index contributed by atoms with van der Waals surface area (Å²) < 4.78 is 11.1. The molecule has 200 valence electrons. The Labute approximate surface area is 235 Å². The zero-order valence-corrected chi connectivity index (χ0v) is 23.0. The van der Waals surface area contributed by atoms with Crippen LogP contribution < -0.4 is 20.2 Å². The smallest absolute Gasteiger partial charge is 0.212 e. The standard InChI is InChI=1S/C32H32N4O2.ClH/c1-37-30-19-15-23(26-9-3-5-11-28(26)30)13-17-25(35-36-32-33-21-7-8-22-34-32)18-14-24-16-20-31(38-2)29-12-6-4-10-27(24)29;/h3-6,9-20H,7-8,21-22H2,1-2H3,(H2,33,34,36);1H/b17-13+,18-14+;. The minimum absolute atomic E-state index is 0. The molecule has 0 radical (unpaired) electrons. The summed E-state index contributed by atoms with van der Waals surface area (Å²) in [6, 6.07) is 24.6. The average Bonchev–Trinajstić information content (AvgIpc) is 3.25. The van der Waals surface area contributed by atoms with E-state index in [1.165, 1.54) is 0 Å². The minimum atomic E-state index is 0. The number of guanidine groups is 1. The van der Waals surface area contributed by atoms with Crippen molar-refractivity contribution in [1.29, 1.82) is 0 Å². The van der Waals surface area contributed by atoms with Gasteiger partial charge in [0, 0.05) is 23.9 Å². The van der Waals surface area contributed by atoms with E-state index in [1.807, 2.05) is 48.6 Å². The third-order valence-electron chi connectivity index (χ3n) is 6.58. The van der Waals surface area contributed by atoms with Gasteiger partial charge in [-0.15, -0.1) is 12.4 Å². The van der Waals surface area contributed by atoms with Crippen LogP contribution in [-0.4, -0.2) is 39.0 Å². The number of methoxy groups -OCH3 is 2. The molecule has 0 fully saturated rings. The lowest BCUT2D eigenvalue weighted by molar-refractivity contribution is 0.419. The number of hydrogen-bond donors (Lipinski definition) is 2. The highest BCUT2D eigenvalue weighted by molar-refractivity contribution is 6.11. The third kappa shape index (κ3) is 6.59. The zero-order valence-electron chi connectivity index (χ0n) is 22.2. The van der Waals surface area contributed by atoms with Crippen LogP contribution in [0.25, 0.3) is 33.7 Å². The highest BCUT2D eigenvalue weighted by atomic mass is 35.5. The molecule has 1 aliphatic heterocycles. The molecule has 6 nitrogen and oxygen atoms in total. The van der Waals surface area contributed by atoms with E-state index in [1.54, 1.807) is 14.2 Å². The Morgan fingerprint density at radius 3 is 1.85 bits per heavy atom. The van der Waals surface area contributed by atoms with E-state index in [2.05, 4.69) is 64.3 Å². The van der Waals surface area contributed by atoms with E-state index in [0.717, 1.165) is 75.8 Å². The zero-order chi connectivity index (χ0) is 26.2. The first-order chi connectivity index (χ1) is 18.8. The monoisotopic (exact) mass is 540 g/mol. The van der Waals surface area contributed by atoms with Crippen molar-refractivity contribution in [1.82, 2.24) is 10.7 Å². The molecule has 1 heterocycles. The number of fused-ring (bicyclic) bond motifs is 2. The maximum absolute atomic E-state index is 5.57. The van der Waals surface area contributed by atoms with Gasteiger partial charge in [0.1, 0.15) is 11.5 Å². The van der Waals surface area contributed by atoms with Gasteiger partial charge in [0.25, 0.3) is 0 Å². The highest BCUT2D eigenvalue weighted by Crippen LogP contribution is 2.30. The topological polar surface area (TPSA) is 67.2 Å². The van der Waals surface area contributed by atoms with Crippen molar-refractivity contribution >= 4 is 57.8 Å². The van der Waals surface area contributed by atoms with Gasteiger partial charge in [0.2, 0.25) is 5.96 Å². The number of allylic oxidation sites excluding steroid dienone is 2. The van der Waals surface area contributed by atoms with Gasteiger partial charge in [-0.1, -0.05) is 72.8 Å². The van der Waals surface area contributed by atoms with Crippen molar-refractivity contribution in [3.05, 3.63) is 96.1 Å². The Bertz CT molecular complexity index is 1460. The van der Waals surface area contributed by atoms with E-state index in [-0.39, 0.29) is 12.4 Å². The molecule has 0 saturated carbocycles. The maximum atomic E-state index is 5.57. The fourth-order valence-corrected chi connectivity index (χ4v) is 4.60. The van der Waals surface area contributed by atoms with Crippen LogP contribution in [-0.2, 0) is 0 Å². The highest BCUT2D eigenvalue weighted by Gasteiger charge is 2.06. The molecule has 0 saturated heterocycles. The largest absolute Gasteiger partial charge is 0.496 e. The number of hydrogen-bond acceptors (Lipinski definition) is 6. The molecule has 0 aromatic heterocycles. The van der Waals surface area contributed by atoms with Crippen molar-refractivity contribution < 1.29 is 9.47 Å². The van der Waals surface area contributed by atoms with E-state index in [4.69, 9.17) is 14.6 Å². The number of hydrazone groups is 1. The molecule has 7 heteroatoms. The fourth-order valence-electron chi connectivity index (χ4n) is 4.60. The Kier molecular flexibility index (Phi) is 9.59. The molecule has 0 unspecified atom stereocenters. The van der Waals surface area contributed by atoms with Crippen LogP contribution in [0.2, 0.25) is 0 Å². The van der Waals surface area contributed by atoms with Crippen molar-refractivity contribution in [3.63, 3.8) is 0 Å². The summed E-state index contributed by atoms with van der Waals surface area (Å²) in [6.45, 7) is 1.68. The number of nitrogens with one attached hydrogen (secondary N) is 2. The van der Waals surface area contributed by atoms with Crippen LogP contribution in [0.5, 0.6) is 11.5 Å². The lowest BCUT2D eigenvalue weighted by atomic mass is 10.0. The third-order valence-corrected chi connectivity index (χ3v) is 6.58. The normalized spacial score (nSPS) is 13.4. The van der Waals surface area contributed by atoms with Gasteiger partial charge >= 0.3 is 0 Å². The van der Waals surface area contributed by atoms with E-state index in [0.29, 0.717) is 5.96 Å². The molecule has 0 aliphatic carbocycles. The quantitative estimate of drug-likeness (QED) is 0.199. The molecule has 4 aromatic rings. The van der Waals surface area contributed by atoms with Crippen LogP contribution in [0.4, 0.5) is 0 Å². The molecule has 39 heavy (non-hydrogen) atoms. The van der Waals surface area contributed by atoms with Crippen LogP contribution >= 0.6 is 12.4 Å². The number of halogens is 1. The lowest BCUT2D eigenvalue weighted by Crippen LogP contribution is -2.34. The molecule has 0 spiro atoms. The first-order valence-electron chi connectivity index (χ1n) is 12.9. The molecule has 0 atom stereocenters. The molecule has 4 aromatic carbocycles. The lowest BCUT2D eigenvalue weighted by Gasteiger charge is -2.09. The Hall–Kier alpha value is -4.29. The Morgan fingerprint density at radius 1 is 0.769 bits per heavy atom. The Balaban J connectivity index is 0.00000353. The number of benzene rings is 4. The number of aliphatic imine (C=N–C) groups is 1. The predicted molar refractivity (Wildman–Crippen MR) is 166 cm³/mol. The van der Waals surface area contributed by atoms with Gasteiger partial charge in [-0.25, -0.2) is 5.43 Å². The predicted octanol–water partition coefficient (Wildman–Crippen LogP) is 6.84. The molecule has 0 bridgehead atoms. The summed E-state index contributed by atoms with van der Waals surface area (Å²) in [4.78, 5) is 4.56. The van der Waals surface area contributed by atoms with Crippen molar-refractivity contribution in [3.8, 4) is 11.5 Å². The summed E-state index contributed by atoms with van der Waals surface area (Å²) in [5.41, 5.74) is 6.06. The van der Waals surface area contributed by atoms with Crippen molar-refractivity contribution in [2.45, 2.75) is 12.8 Å². The first-order valence-corrected chi connectivity index (χ1v) is 12.9. The van der Waals surface area contributed by atoms with Crippen LogP contribution in [0.3, 0.4) is 0 Å². The molecule has 5 rings (SSSR count). The minimum Gasteiger partial charge on any atom is -0.496 e. The summed E-state index contributed by atoms with van der Waals surface area (Å²) in [7, 11) is 3.40. The summed E-state index contributed by atoms with van der Waals surface area (Å²) >= 11 is 0. The van der Waals surface area contributed by atoms with Crippen LogP contribution in [0.1, 0.15) is 24.0 Å². The molecular weight excluding hydrogens is 508 g/mol. The molecule has 0 amide bonds. The second kappa shape index (κ2) is 13.5. The van der Waals surface area contributed by atoms with Gasteiger partial charge in [-0.3, -0.25) is 4.99 Å². The van der Waals surface area contributed by atoms with Gasteiger partial charge < -0.3 is 14.8 Å². The second-order valence-corrected chi connectivity index (χ2v) is 8.98. The maximum Gasteiger partial charge on any atom is 0.212 e. The Morgan fingerprint density at radius 2 is 1.31 bits per heavy atom. The van der Waals surface area contributed by atoms with Gasteiger partial charge in [0.05, 0.1) is 19.9 Å². The average molecular weight is 541 g/mol. The number of ether oxygens (including phenoxy) is 2. The van der Waals surface area contributed by atoms with E-state index in [9.17, 15) is 0 Å². The fraction of sp³-hybridized carbons (Fsp3) is 0.188. The van der Waals surface area contributed by atoms with E-state index < -0.39 is 0 Å². The molecular formula is C32H33ClN4O2. The van der Waals surface area contributed by atoms with E-state index >= 15 is 0 Å². The summed E-state index contributed by atoms with van der Waals surface area (Å²) in [5, 5.41) is 12.4. The van der Waals surface area contributed by atoms with Crippen molar-refractivity contribution in [2.75, 3.05) is 27.3 Å². The van der Waals surface area contributed by atoms with Crippen LogP contribution in [0.15, 0.2) is 95.0 Å².